The summed E-state index contributed by atoms with van der Waals surface area (Å²) in [7, 11) is 0. The van der Waals surface area contributed by atoms with Gasteiger partial charge in [0, 0.05) is 27.5 Å². The average molecular weight is 698 g/mol. The van der Waals surface area contributed by atoms with Gasteiger partial charge in [-0.05, 0) is 104 Å². The van der Waals surface area contributed by atoms with Gasteiger partial charge in [0.2, 0.25) is 0 Å². The van der Waals surface area contributed by atoms with Crippen molar-refractivity contribution in [2.45, 2.75) is 0 Å². The molecule has 0 aliphatic rings. The predicted octanol–water partition coefficient (Wildman–Crippen LogP) is 14.6. The molecule has 3 nitrogen and oxygen atoms in total. The molecule has 0 spiro atoms. The van der Waals surface area contributed by atoms with E-state index < -0.39 is 137 Å². The zero-order chi connectivity index (χ0) is 52.3. The Morgan fingerprint density at radius 1 is 0.396 bits per heavy atom. The number of furan rings is 2. The second-order valence-electron chi connectivity index (χ2n) is 12.1. The highest BCUT2D eigenvalue weighted by Crippen LogP contribution is 2.44. The van der Waals surface area contributed by atoms with Crippen LogP contribution in [0.25, 0.3) is 87.7 Å². The molecule has 2 heterocycles. The normalized spacial score (nSPS) is 17.1. The largest absolute Gasteiger partial charge is 0.456 e. The van der Waals surface area contributed by atoms with Crippen LogP contribution in [0.3, 0.4) is 0 Å². The minimum atomic E-state index is -0.776. The second kappa shape index (κ2) is 11.7. The van der Waals surface area contributed by atoms with Crippen LogP contribution < -0.4 is 4.90 Å². The Morgan fingerprint density at radius 2 is 1.15 bits per heavy atom. The number of benzene rings is 9. The minimum Gasteiger partial charge on any atom is -0.456 e. The molecular weight excluding hydrogens is 647 g/mol. The van der Waals surface area contributed by atoms with Crippen LogP contribution in [0.2, 0.25) is 0 Å². The van der Waals surface area contributed by atoms with Crippen LogP contribution in [0.15, 0.2) is 196 Å². The number of nitrogens with zero attached hydrogens (tertiary/aromatic N) is 1. The molecule has 0 amide bonds. The zero-order valence-electron chi connectivity index (χ0n) is 47.1. The molecule has 2 aromatic heterocycles. The molecule has 0 saturated heterocycles. The summed E-state index contributed by atoms with van der Waals surface area (Å²) in [6.45, 7) is 0. The Morgan fingerprint density at radius 3 is 2.06 bits per heavy atom. The fraction of sp³-hybridized carbons (Fsp3) is 0. The first-order valence-electron chi connectivity index (χ1n) is 26.4. The van der Waals surface area contributed by atoms with Gasteiger partial charge >= 0.3 is 0 Å². The van der Waals surface area contributed by atoms with Crippen LogP contribution >= 0.6 is 0 Å². The van der Waals surface area contributed by atoms with E-state index in [9.17, 15) is 9.60 Å². The van der Waals surface area contributed by atoms with Crippen molar-refractivity contribution < 1.29 is 36.2 Å². The maximum Gasteiger partial charge on any atom is 0.137 e. The van der Waals surface area contributed by atoms with E-state index in [1.54, 1.807) is 42.5 Å². The summed E-state index contributed by atoms with van der Waals surface area (Å²) in [6.07, 6.45) is 0. The summed E-state index contributed by atoms with van der Waals surface area (Å²) in [5, 5.41) is -0.481. The van der Waals surface area contributed by atoms with Gasteiger partial charge in [-0.1, -0.05) is 127 Å². The lowest BCUT2D eigenvalue weighted by Crippen LogP contribution is -2.10. The molecule has 11 aromatic rings. The van der Waals surface area contributed by atoms with Gasteiger partial charge in [-0.15, -0.1) is 0 Å². The molecule has 0 radical (unpaired) electrons. The van der Waals surface area contributed by atoms with E-state index in [0.717, 1.165) is 0 Å². The molecule has 0 saturated carbocycles. The highest BCUT2D eigenvalue weighted by Gasteiger charge is 2.20. The van der Waals surface area contributed by atoms with Crippen LogP contribution in [0, 0.1) is 0 Å². The van der Waals surface area contributed by atoms with Crippen LogP contribution in [0.4, 0.5) is 17.1 Å². The third-order valence-electron chi connectivity index (χ3n) is 9.13. The van der Waals surface area contributed by atoms with E-state index >= 15 is 0 Å². The molecule has 0 bridgehead atoms. The van der Waals surface area contributed by atoms with Gasteiger partial charge in [0.15, 0.2) is 0 Å². The third-order valence-corrected chi connectivity index (χ3v) is 9.13. The predicted molar refractivity (Wildman–Crippen MR) is 222 cm³/mol. The third kappa shape index (κ3) is 4.75. The zero-order valence-corrected chi connectivity index (χ0v) is 27.1. The summed E-state index contributed by atoms with van der Waals surface area (Å²) in [5.41, 5.74) is -0.723. The summed E-state index contributed by atoms with van der Waals surface area (Å²) in [5.74, 6) is 0. The van der Waals surface area contributed by atoms with Gasteiger partial charge in [0.25, 0.3) is 0 Å². The van der Waals surface area contributed by atoms with Crippen LogP contribution in [0.5, 0.6) is 0 Å². The number of hydrogen-bond donors (Lipinski definition) is 0. The smallest absolute Gasteiger partial charge is 0.137 e. The molecule has 0 aliphatic heterocycles. The average Bonchev–Trinajstić information content (AvgIpc) is 3.98. The maximum atomic E-state index is 9.69. The van der Waals surface area contributed by atoms with Gasteiger partial charge in [-0.3, -0.25) is 0 Å². The van der Waals surface area contributed by atoms with Gasteiger partial charge < -0.3 is 13.7 Å². The number of hydrogen-bond acceptors (Lipinski definition) is 3. The molecular formula is C50H31NO2. The van der Waals surface area contributed by atoms with Crippen LogP contribution in [-0.4, -0.2) is 0 Å². The quantitative estimate of drug-likeness (QED) is 0.179. The Bertz CT molecular complexity index is 4300. The number of rotatable bonds is 5. The standard InChI is InChI=1S/C50H31NO2/c1-2-11-39-33(9-1)10-7-14-40(39)34-21-27-38(28-22-34)51(44-15-8-18-47-50(44)43-13-4-6-17-46(43)52-47)37-25-19-32(20-26-37)35-23-29-41-36(31-35)24-30-48-49(41)42-12-3-5-16-45(42)53-48/h1-31H/i1D,2D,3D,5D,7D,9D,10D,11D,12D,14D,16D,19D,20D,23D,24D,25D,26D,29D,30D,31D. The Labute approximate surface area is 333 Å². The molecule has 0 aliphatic carbocycles. The Kier molecular flexibility index (Phi) is 3.55. The van der Waals surface area contributed by atoms with Gasteiger partial charge in [0.1, 0.15) is 22.3 Å². The lowest BCUT2D eigenvalue weighted by atomic mass is 9.97. The molecule has 248 valence electrons. The molecule has 0 N–H and O–H groups in total. The summed E-state index contributed by atoms with van der Waals surface area (Å²) >= 11 is 0. The van der Waals surface area contributed by atoms with Crippen molar-refractivity contribution in [1.82, 2.24) is 0 Å². The van der Waals surface area contributed by atoms with Gasteiger partial charge in [-0.2, -0.15) is 0 Å². The number of fused-ring (bicyclic) bond motifs is 9. The Balaban J connectivity index is 1.18. The highest BCUT2D eigenvalue weighted by atomic mass is 16.3. The maximum absolute atomic E-state index is 9.69. The summed E-state index contributed by atoms with van der Waals surface area (Å²) < 4.78 is 190. The van der Waals surface area contributed by atoms with Crippen molar-refractivity contribution in [3.63, 3.8) is 0 Å². The molecule has 53 heavy (non-hydrogen) atoms. The highest BCUT2D eigenvalue weighted by molar-refractivity contribution is 6.19. The van der Waals surface area contributed by atoms with E-state index in [2.05, 4.69) is 0 Å². The number of para-hydroxylation sites is 2. The van der Waals surface area contributed by atoms with Crippen molar-refractivity contribution in [3.8, 4) is 22.3 Å². The van der Waals surface area contributed by atoms with Crippen molar-refractivity contribution in [2.24, 2.45) is 0 Å². The van der Waals surface area contributed by atoms with Gasteiger partial charge in [0.05, 0.1) is 38.5 Å². The minimum absolute atomic E-state index is 0.0568. The van der Waals surface area contributed by atoms with E-state index in [-0.39, 0.29) is 60.6 Å². The monoisotopic (exact) mass is 697 g/mol. The summed E-state index contributed by atoms with van der Waals surface area (Å²) in [6, 6.07) is 5.36. The summed E-state index contributed by atoms with van der Waals surface area (Å²) in [4.78, 5) is 1.43. The van der Waals surface area contributed by atoms with Crippen molar-refractivity contribution in [3.05, 3.63) is 188 Å². The molecule has 0 atom stereocenters. The van der Waals surface area contributed by atoms with Gasteiger partial charge in [-0.25, -0.2) is 0 Å². The molecule has 11 rings (SSSR count). The van der Waals surface area contributed by atoms with Crippen molar-refractivity contribution in [1.29, 1.82) is 0 Å². The molecule has 0 fully saturated rings. The first-order valence-corrected chi connectivity index (χ1v) is 16.4. The molecule has 9 aromatic carbocycles. The SMILES string of the molecule is [2H]c1c([2H])c(N(c2ccc(-c3c([2H])c([2H])c([2H])c4c([2H])c([2H])c([2H])c([2H])c34)cc2)c2cccc3oc4ccccc4c23)c([2H])c([2H])c1-c1c([2H])c([2H])c2c(c1[2H])c([2H])c([2H])c1oc3c([2H])c([2H])c([2H])c([2H])c3c12. The van der Waals surface area contributed by atoms with E-state index in [1.807, 2.05) is 0 Å². The van der Waals surface area contributed by atoms with Crippen LogP contribution in [0.1, 0.15) is 27.4 Å². The Hall–Kier alpha value is -7.10. The molecule has 3 heteroatoms. The lowest BCUT2D eigenvalue weighted by Gasteiger charge is -2.26. The topological polar surface area (TPSA) is 29.5 Å². The first-order chi connectivity index (χ1) is 34.6. The van der Waals surface area contributed by atoms with E-state index in [4.69, 9.17) is 26.7 Å². The first kappa shape index (κ1) is 16.1. The fourth-order valence-electron chi connectivity index (χ4n) is 6.76. The van der Waals surface area contributed by atoms with E-state index in [1.165, 1.54) is 29.2 Å². The van der Waals surface area contributed by atoms with Crippen molar-refractivity contribution >= 4 is 82.5 Å². The lowest BCUT2D eigenvalue weighted by molar-refractivity contribution is 0.668. The van der Waals surface area contributed by atoms with Crippen molar-refractivity contribution in [2.75, 3.05) is 4.90 Å². The van der Waals surface area contributed by atoms with Crippen LogP contribution in [-0.2, 0) is 0 Å². The second-order valence-corrected chi connectivity index (χ2v) is 12.1. The van der Waals surface area contributed by atoms with E-state index in [0.29, 0.717) is 27.6 Å². The number of anilines is 3. The fourth-order valence-corrected chi connectivity index (χ4v) is 6.76. The molecule has 0 unspecified atom stereocenters.